The lowest BCUT2D eigenvalue weighted by Gasteiger charge is -2.05. The molecule has 2 aromatic carbocycles. The summed E-state index contributed by atoms with van der Waals surface area (Å²) in [5.74, 6) is 0.120. The van der Waals surface area contributed by atoms with E-state index in [1.165, 1.54) is 18.7 Å². The molecule has 0 saturated heterocycles. The molecule has 5 nitrogen and oxygen atoms in total. The third-order valence-corrected chi connectivity index (χ3v) is 4.44. The number of benzene rings is 2. The Kier molecular flexibility index (Phi) is 5.30. The number of imidazole rings is 1. The fourth-order valence-electron chi connectivity index (χ4n) is 2.26. The maximum absolute atomic E-state index is 12.0. The molecule has 126 valence electrons. The fraction of sp³-hybridized carbons (Fsp3) is 0.105. The number of carbonyl (C=O) groups excluding carboxylic acids is 2. The number of H-pyrrole nitrogens is 1. The van der Waals surface area contributed by atoms with Crippen LogP contribution in [0.15, 0.2) is 66.0 Å². The molecule has 0 atom stereocenters. The number of hydrogen-bond donors (Lipinski definition) is 2. The molecule has 6 heteroatoms. The first-order chi connectivity index (χ1) is 12.1. The van der Waals surface area contributed by atoms with Crippen LogP contribution in [0.1, 0.15) is 17.3 Å². The van der Waals surface area contributed by atoms with Gasteiger partial charge in [0, 0.05) is 11.3 Å². The molecular formula is C19H17N3O2S. The summed E-state index contributed by atoms with van der Waals surface area (Å²) in [4.78, 5) is 30.8. The summed E-state index contributed by atoms with van der Waals surface area (Å²) >= 11 is 1.34. The summed E-state index contributed by atoms with van der Waals surface area (Å²) in [6.45, 7) is 1.51. The van der Waals surface area contributed by atoms with Crippen LogP contribution < -0.4 is 5.32 Å². The van der Waals surface area contributed by atoms with Crippen molar-refractivity contribution in [3.8, 4) is 11.3 Å². The van der Waals surface area contributed by atoms with E-state index in [1.807, 2.05) is 30.3 Å². The predicted molar refractivity (Wildman–Crippen MR) is 99.8 cm³/mol. The average Bonchev–Trinajstić information content (AvgIpc) is 3.10. The van der Waals surface area contributed by atoms with Gasteiger partial charge in [0.2, 0.25) is 5.91 Å². The number of anilines is 1. The molecular weight excluding hydrogens is 334 g/mol. The Morgan fingerprint density at radius 2 is 1.80 bits per heavy atom. The molecule has 1 amide bonds. The van der Waals surface area contributed by atoms with Gasteiger partial charge >= 0.3 is 0 Å². The first-order valence-electron chi connectivity index (χ1n) is 7.76. The van der Waals surface area contributed by atoms with Gasteiger partial charge in [0.05, 0.1) is 17.6 Å². The van der Waals surface area contributed by atoms with Gasteiger partial charge in [-0.3, -0.25) is 9.59 Å². The Bertz CT molecular complexity index is 873. The average molecular weight is 351 g/mol. The Morgan fingerprint density at radius 3 is 2.48 bits per heavy atom. The monoisotopic (exact) mass is 351 g/mol. The van der Waals surface area contributed by atoms with E-state index in [2.05, 4.69) is 15.3 Å². The van der Waals surface area contributed by atoms with E-state index in [1.54, 1.807) is 30.5 Å². The van der Waals surface area contributed by atoms with E-state index in [0.717, 1.165) is 11.3 Å². The van der Waals surface area contributed by atoms with Gasteiger partial charge < -0.3 is 10.3 Å². The summed E-state index contributed by atoms with van der Waals surface area (Å²) in [6.07, 6.45) is 1.76. The highest BCUT2D eigenvalue weighted by Gasteiger charge is 2.08. The summed E-state index contributed by atoms with van der Waals surface area (Å²) in [7, 11) is 0. The van der Waals surface area contributed by atoms with Crippen molar-refractivity contribution in [1.82, 2.24) is 9.97 Å². The number of hydrogen-bond acceptors (Lipinski definition) is 4. The van der Waals surface area contributed by atoms with E-state index < -0.39 is 0 Å². The van der Waals surface area contributed by atoms with Gasteiger partial charge in [-0.05, 0) is 36.8 Å². The van der Waals surface area contributed by atoms with Crippen LogP contribution in [0.2, 0.25) is 0 Å². The fourth-order valence-corrected chi connectivity index (χ4v) is 2.91. The molecule has 3 rings (SSSR count). The normalized spacial score (nSPS) is 10.4. The van der Waals surface area contributed by atoms with Crippen molar-refractivity contribution >= 4 is 29.1 Å². The predicted octanol–water partition coefficient (Wildman–Crippen LogP) is 4.01. The Hall–Kier alpha value is -2.86. The van der Waals surface area contributed by atoms with Crippen LogP contribution in [0.4, 0.5) is 5.69 Å². The second-order valence-corrected chi connectivity index (χ2v) is 6.40. The van der Waals surface area contributed by atoms with Gasteiger partial charge in [-0.2, -0.15) is 0 Å². The van der Waals surface area contributed by atoms with Gasteiger partial charge in [0.15, 0.2) is 10.9 Å². The van der Waals surface area contributed by atoms with Gasteiger partial charge in [-0.25, -0.2) is 4.98 Å². The van der Waals surface area contributed by atoms with Gasteiger partial charge in [0.25, 0.3) is 0 Å². The Morgan fingerprint density at radius 1 is 1.08 bits per heavy atom. The standard InChI is InChI=1S/C19H17N3O2S/c1-13(23)14-7-9-16(10-8-14)21-18(24)12-25-19-20-11-17(22-19)15-5-3-2-4-6-15/h2-11H,12H2,1H3,(H,20,22)(H,21,24). The number of rotatable bonds is 6. The summed E-state index contributed by atoms with van der Waals surface area (Å²) in [6, 6.07) is 16.7. The number of thioether (sulfide) groups is 1. The second kappa shape index (κ2) is 7.81. The van der Waals surface area contributed by atoms with Crippen LogP contribution in [0, 0.1) is 0 Å². The SMILES string of the molecule is CC(=O)c1ccc(NC(=O)CSc2ncc(-c3ccccc3)[nH]2)cc1. The van der Waals surface area contributed by atoms with Crippen molar-refractivity contribution in [2.45, 2.75) is 12.1 Å². The molecule has 0 spiro atoms. The summed E-state index contributed by atoms with van der Waals surface area (Å²) in [5.41, 5.74) is 3.26. The van der Waals surface area contributed by atoms with Crippen molar-refractivity contribution in [2.24, 2.45) is 0 Å². The third kappa shape index (κ3) is 4.58. The minimum absolute atomic E-state index is 0.000437. The maximum Gasteiger partial charge on any atom is 0.234 e. The van der Waals surface area contributed by atoms with E-state index in [-0.39, 0.29) is 17.4 Å². The number of ketones is 1. The van der Waals surface area contributed by atoms with Crippen LogP contribution in [0.5, 0.6) is 0 Å². The molecule has 0 unspecified atom stereocenters. The van der Waals surface area contributed by atoms with Crippen molar-refractivity contribution in [3.63, 3.8) is 0 Å². The van der Waals surface area contributed by atoms with E-state index >= 15 is 0 Å². The molecule has 0 aliphatic carbocycles. The quantitative estimate of drug-likeness (QED) is 0.520. The lowest BCUT2D eigenvalue weighted by molar-refractivity contribution is -0.113. The highest BCUT2D eigenvalue weighted by molar-refractivity contribution is 7.99. The highest BCUT2D eigenvalue weighted by atomic mass is 32.2. The van der Waals surface area contributed by atoms with Crippen molar-refractivity contribution in [1.29, 1.82) is 0 Å². The number of carbonyl (C=O) groups is 2. The number of nitrogens with one attached hydrogen (secondary N) is 2. The van der Waals surface area contributed by atoms with Crippen LogP contribution in [0.25, 0.3) is 11.3 Å². The van der Waals surface area contributed by atoms with Crippen LogP contribution in [0.3, 0.4) is 0 Å². The number of Topliss-reactive ketones (excluding diaryl/α,β-unsaturated/α-hetero) is 1. The number of amides is 1. The van der Waals surface area contributed by atoms with Crippen molar-refractivity contribution in [2.75, 3.05) is 11.1 Å². The molecule has 25 heavy (non-hydrogen) atoms. The minimum Gasteiger partial charge on any atom is -0.333 e. The van der Waals surface area contributed by atoms with Gasteiger partial charge in [-0.15, -0.1) is 0 Å². The molecule has 1 heterocycles. The van der Waals surface area contributed by atoms with E-state index in [0.29, 0.717) is 16.4 Å². The van der Waals surface area contributed by atoms with Crippen molar-refractivity contribution in [3.05, 3.63) is 66.4 Å². The molecule has 0 aliphatic rings. The topological polar surface area (TPSA) is 74.8 Å². The minimum atomic E-state index is -0.127. The molecule has 0 bridgehead atoms. The first-order valence-corrected chi connectivity index (χ1v) is 8.74. The molecule has 0 fully saturated rings. The van der Waals surface area contributed by atoms with Crippen LogP contribution in [-0.2, 0) is 4.79 Å². The third-order valence-electron chi connectivity index (χ3n) is 3.55. The Balaban J connectivity index is 1.54. The van der Waals surface area contributed by atoms with E-state index in [4.69, 9.17) is 0 Å². The van der Waals surface area contributed by atoms with Gasteiger partial charge in [0.1, 0.15) is 0 Å². The molecule has 0 radical (unpaired) electrons. The number of aromatic amines is 1. The Labute approximate surface area is 149 Å². The van der Waals surface area contributed by atoms with Crippen molar-refractivity contribution < 1.29 is 9.59 Å². The van der Waals surface area contributed by atoms with Crippen LogP contribution in [-0.4, -0.2) is 27.4 Å². The molecule has 2 N–H and O–H groups in total. The van der Waals surface area contributed by atoms with Crippen LogP contribution >= 0.6 is 11.8 Å². The maximum atomic E-state index is 12.0. The largest absolute Gasteiger partial charge is 0.333 e. The smallest absolute Gasteiger partial charge is 0.234 e. The lowest BCUT2D eigenvalue weighted by Crippen LogP contribution is -2.14. The van der Waals surface area contributed by atoms with Gasteiger partial charge in [-0.1, -0.05) is 42.1 Å². The zero-order valence-corrected chi connectivity index (χ0v) is 14.5. The molecule has 3 aromatic rings. The molecule has 0 saturated carbocycles. The first kappa shape index (κ1) is 17.0. The molecule has 1 aromatic heterocycles. The zero-order chi connectivity index (χ0) is 17.6. The number of aromatic nitrogens is 2. The number of nitrogens with zero attached hydrogens (tertiary/aromatic N) is 1. The summed E-state index contributed by atoms with van der Waals surface area (Å²) < 4.78 is 0. The zero-order valence-electron chi connectivity index (χ0n) is 13.7. The highest BCUT2D eigenvalue weighted by Crippen LogP contribution is 2.21. The second-order valence-electron chi connectivity index (χ2n) is 5.44. The summed E-state index contributed by atoms with van der Waals surface area (Å²) in [5, 5.41) is 3.50. The lowest BCUT2D eigenvalue weighted by atomic mass is 10.1. The van der Waals surface area contributed by atoms with E-state index in [9.17, 15) is 9.59 Å². The molecule has 0 aliphatic heterocycles.